The number of fused-ring (bicyclic) bond motifs is 3. The van der Waals surface area contributed by atoms with Gasteiger partial charge in [0.1, 0.15) is 5.03 Å². The lowest BCUT2D eigenvalue weighted by Crippen LogP contribution is -2.11. The molecular formula is C22H16N6OS. The molecule has 1 N–H and O–H groups in total. The summed E-state index contributed by atoms with van der Waals surface area (Å²) in [4.78, 5) is 18.1. The molecule has 3 aromatic carbocycles. The Kier molecular flexibility index (Phi) is 4.61. The third-order valence-corrected chi connectivity index (χ3v) is 5.57. The van der Waals surface area contributed by atoms with E-state index < -0.39 is 0 Å². The van der Waals surface area contributed by atoms with Gasteiger partial charge in [0.2, 0.25) is 5.65 Å². The minimum Gasteiger partial charge on any atom is -0.322 e. The van der Waals surface area contributed by atoms with Crippen molar-refractivity contribution in [1.82, 2.24) is 25.0 Å². The minimum absolute atomic E-state index is 0.133. The van der Waals surface area contributed by atoms with E-state index in [4.69, 9.17) is 4.98 Å². The van der Waals surface area contributed by atoms with E-state index >= 15 is 0 Å². The number of nitrogens with zero attached hydrogens (tertiary/aromatic N) is 5. The first-order valence-corrected chi connectivity index (χ1v) is 10.1. The van der Waals surface area contributed by atoms with Crippen molar-refractivity contribution in [1.29, 1.82) is 0 Å². The largest absolute Gasteiger partial charge is 0.322 e. The number of para-hydroxylation sites is 2. The van der Waals surface area contributed by atoms with Crippen molar-refractivity contribution in [2.45, 2.75) is 16.8 Å². The zero-order chi connectivity index (χ0) is 20.5. The number of carbonyl (C=O) groups excluding carboxylic acids is 1. The number of tetrazole rings is 1. The number of rotatable bonds is 4. The number of benzene rings is 3. The average Bonchev–Trinajstić information content (AvgIpc) is 3.26. The monoisotopic (exact) mass is 412 g/mol. The molecule has 2 aromatic heterocycles. The molecule has 30 heavy (non-hydrogen) atoms. The molecule has 0 unspecified atom stereocenters. The van der Waals surface area contributed by atoms with Crippen LogP contribution in [-0.4, -0.2) is 30.9 Å². The Bertz CT molecular complexity index is 1380. The molecule has 1 amide bonds. The van der Waals surface area contributed by atoms with Crippen molar-refractivity contribution in [3.63, 3.8) is 0 Å². The van der Waals surface area contributed by atoms with Gasteiger partial charge in [-0.1, -0.05) is 41.6 Å². The summed E-state index contributed by atoms with van der Waals surface area (Å²) >= 11 is 1.48. The Morgan fingerprint density at radius 2 is 1.83 bits per heavy atom. The molecule has 7 nitrogen and oxygen atoms in total. The third kappa shape index (κ3) is 3.48. The summed E-state index contributed by atoms with van der Waals surface area (Å²) in [5.41, 5.74) is 4.70. The van der Waals surface area contributed by atoms with E-state index in [1.165, 1.54) is 11.8 Å². The van der Waals surface area contributed by atoms with E-state index in [0.29, 0.717) is 11.2 Å². The first-order chi connectivity index (χ1) is 14.7. The van der Waals surface area contributed by atoms with Gasteiger partial charge in [-0.05, 0) is 65.9 Å². The summed E-state index contributed by atoms with van der Waals surface area (Å²) in [6.45, 7) is 1.96. The van der Waals surface area contributed by atoms with E-state index in [1.807, 2.05) is 73.7 Å². The quantitative estimate of drug-likeness (QED) is 0.471. The van der Waals surface area contributed by atoms with Crippen LogP contribution < -0.4 is 5.32 Å². The van der Waals surface area contributed by atoms with Gasteiger partial charge in [0.15, 0.2) is 0 Å². The zero-order valence-electron chi connectivity index (χ0n) is 16.0. The minimum atomic E-state index is -0.133. The van der Waals surface area contributed by atoms with E-state index in [9.17, 15) is 4.79 Å². The summed E-state index contributed by atoms with van der Waals surface area (Å²) in [5, 5.41) is 15.7. The van der Waals surface area contributed by atoms with E-state index in [1.54, 1.807) is 10.6 Å². The number of aryl methyl sites for hydroxylation is 1. The van der Waals surface area contributed by atoms with Crippen LogP contribution in [0.2, 0.25) is 0 Å². The molecule has 0 spiro atoms. The molecule has 0 radical (unpaired) electrons. The first kappa shape index (κ1) is 18.3. The summed E-state index contributed by atoms with van der Waals surface area (Å²) < 4.78 is 1.70. The molecule has 146 valence electrons. The number of anilines is 1. The van der Waals surface area contributed by atoms with Crippen molar-refractivity contribution in [3.8, 4) is 0 Å². The van der Waals surface area contributed by atoms with Crippen LogP contribution in [0.4, 0.5) is 5.69 Å². The van der Waals surface area contributed by atoms with Crippen molar-refractivity contribution in [3.05, 3.63) is 83.9 Å². The van der Waals surface area contributed by atoms with Crippen molar-refractivity contribution in [2.75, 3.05) is 5.32 Å². The van der Waals surface area contributed by atoms with Crippen LogP contribution in [0.1, 0.15) is 15.9 Å². The van der Waals surface area contributed by atoms with E-state index in [2.05, 4.69) is 20.8 Å². The van der Waals surface area contributed by atoms with Gasteiger partial charge in [-0.25, -0.2) is 4.98 Å². The predicted molar refractivity (Wildman–Crippen MR) is 116 cm³/mol. The third-order valence-electron chi connectivity index (χ3n) is 4.60. The zero-order valence-corrected chi connectivity index (χ0v) is 16.8. The lowest BCUT2D eigenvalue weighted by molar-refractivity contribution is 0.102. The smallest absolute Gasteiger partial charge is 0.255 e. The normalized spacial score (nSPS) is 11.1. The Hall–Kier alpha value is -3.78. The van der Waals surface area contributed by atoms with Crippen LogP contribution >= 0.6 is 11.8 Å². The van der Waals surface area contributed by atoms with Crippen molar-refractivity contribution < 1.29 is 4.79 Å². The molecule has 2 heterocycles. The molecule has 5 rings (SSSR count). The van der Waals surface area contributed by atoms with Crippen molar-refractivity contribution >= 4 is 40.0 Å². The highest BCUT2D eigenvalue weighted by Gasteiger charge is 2.13. The van der Waals surface area contributed by atoms with Crippen LogP contribution in [-0.2, 0) is 0 Å². The van der Waals surface area contributed by atoms with E-state index in [-0.39, 0.29) is 5.91 Å². The van der Waals surface area contributed by atoms with Gasteiger partial charge in [0.05, 0.1) is 11.0 Å². The molecule has 5 aromatic rings. The SMILES string of the molecule is Cc1cccc(C(=O)Nc2ccc(Sc3nc4ccccc4n4nnnc34)cc2)c1. The average molecular weight is 412 g/mol. The fraction of sp³-hybridized carbons (Fsp3) is 0.0455. The molecule has 0 saturated carbocycles. The fourth-order valence-corrected chi connectivity index (χ4v) is 4.01. The number of nitrogens with one attached hydrogen (secondary N) is 1. The Morgan fingerprint density at radius 1 is 1.00 bits per heavy atom. The highest BCUT2D eigenvalue weighted by atomic mass is 32.2. The lowest BCUT2D eigenvalue weighted by atomic mass is 10.1. The second kappa shape index (κ2) is 7.57. The fourth-order valence-electron chi connectivity index (χ4n) is 3.16. The van der Waals surface area contributed by atoms with Crippen LogP contribution in [0.3, 0.4) is 0 Å². The summed E-state index contributed by atoms with van der Waals surface area (Å²) in [6, 6.07) is 22.9. The summed E-state index contributed by atoms with van der Waals surface area (Å²) in [5.74, 6) is -0.133. The van der Waals surface area contributed by atoms with Gasteiger partial charge in [-0.2, -0.15) is 4.52 Å². The maximum Gasteiger partial charge on any atom is 0.255 e. The molecular weight excluding hydrogens is 396 g/mol. The van der Waals surface area contributed by atoms with Crippen LogP contribution in [0.25, 0.3) is 16.7 Å². The first-order valence-electron chi connectivity index (χ1n) is 9.30. The van der Waals surface area contributed by atoms with Crippen LogP contribution in [0, 0.1) is 6.92 Å². The van der Waals surface area contributed by atoms with E-state index in [0.717, 1.165) is 32.2 Å². The highest BCUT2D eigenvalue weighted by molar-refractivity contribution is 7.99. The molecule has 0 bridgehead atoms. The molecule has 0 atom stereocenters. The van der Waals surface area contributed by atoms with Gasteiger partial charge in [-0.15, -0.1) is 5.10 Å². The van der Waals surface area contributed by atoms with Gasteiger partial charge in [0, 0.05) is 16.1 Å². The molecule has 0 aliphatic carbocycles. The van der Waals surface area contributed by atoms with Gasteiger partial charge in [-0.3, -0.25) is 4.79 Å². The number of amides is 1. The van der Waals surface area contributed by atoms with Gasteiger partial charge in [0.25, 0.3) is 5.91 Å². The predicted octanol–water partition coefficient (Wildman–Crippen LogP) is 4.38. The van der Waals surface area contributed by atoms with Crippen LogP contribution in [0.5, 0.6) is 0 Å². The van der Waals surface area contributed by atoms with Gasteiger partial charge >= 0.3 is 0 Å². The Labute approximate surface area is 176 Å². The second-order valence-electron chi connectivity index (χ2n) is 6.77. The Morgan fingerprint density at radius 3 is 2.67 bits per heavy atom. The topological polar surface area (TPSA) is 85.1 Å². The number of hydrogen-bond acceptors (Lipinski definition) is 6. The molecule has 0 fully saturated rings. The molecule has 8 heteroatoms. The molecule has 0 aliphatic rings. The Balaban J connectivity index is 1.38. The maximum absolute atomic E-state index is 12.4. The standard InChI is InChI=1S/C22H16N6OS/c1-14-5-4-6-15(13-14)21(29)23-16-9-11-17(12-10-16)30-22-20-25-26-27-28(20)19-8-3-2-7-18(19)24-22/h2-13H,1H3,(H,23,29). The maximum atomic E-state index is 12.4. The van der Waals surface area contributed by atoms with Crippen molar-refractivity contribution in [2.24, 2.45) is 0 Å². The lowest BCUT2D eigenvalue weighted by Gasteiger charge is -2.08. The molecule has 0 saturated heterocycles. The number of carbonyl (C=O) groups is 1. The highest BCUT2D eigenvalue weighted by Crippen LogP contribution is 2.31. The number of aromatic nitrogens is 5. The molecule has 0 aliphatic heterocycles. The number of hydrogen-bond donors (Lipinski definition) is 1. The summed E-state index contributed by atoms with van der Waals surface area (Å²) in [6.07, 6.45) is 0. The summed E-state index contributed by atoms with van der Waals surface area (Å²) in [7, 11) is 0. The second-order valence-corrected chi connectivity index (χ2v) is 7.83. The van der Waals surface area contributed by atoms with Gasteiger partial charge < -0.3 is 5.32 Å². The van der Waals surface area contributed by atoms with Crippen LogP contribution in [0.15, 0.2) is 82.7 Å².